The monoisotopic (exact) mass is 299 g/mol. The average Bonchev–Trinajstić information content (AvgIpc) is 2.64. The maximum Gasteiger partial charge on any atom is 0.179 e. The quantitative estimate of drug-likeness (QED) is 0.877. The summed E-state index contributed by atoms with van der Waals surface area (Å²) in [5.41, 5.74) is 1.03. The number of benzene rings is 1. The summed E-state index contributed by atoms with van der Waals surface area (Å²) in [6.45, 7) is 6.19. The van der Waals surface area contributed by atoms with Crippen molar-refractivity contribution in [2.24, 2.45) is 5.92 Å². The normalized spacial score (nSPS) is 16.1. The second-order valence-corrected chi connectivity index (χ2v) is 5.78. The number of halogens is 1. The summed E-state index contributed by atoms with van der Waals surface area (Å²) in [6, 6.07) is 3.91. The maximum atomic E-state index is 9.33. The molecule has 20 heavy (non-hydrogen) atoms. The smallest absolute Gasteiger partial charge is 0.179 e. The molecule has 0 aliphatic carbocycles. The van der Waals surface area contributed by atoms with Gasteiger partial charge in [0.1, 0.15) is 0 Å². The van der Waals surface area contributed by atoms with Crippen LogP contribution in [0.4, 0.5) is 0 Å². The molecule has 5 heteroatoms. The van der Waals surface area contributed by atoms with Crippen molar-refractivity contribution in [2.75, 3.05) is 19.8 Å². The number of hydrogen-bond acceptors (Lipinski definition) is 4. The fourth-order valence-electron chi connectivity index (χ4n) is 2.15. The highest BCUT2D eigenvalue weighted by Gasteiger charge is 2.17. The predicted octanol–water partition coefficient (Wildman–Crippen LogP) is 2.61. The molecule has 112 valence electrons. The van der Waals surface area contributed by atoms with Crippen molar-refractivity contribution in [1.82, 2.24) is 5.32 Å². The van der Waals surface area contributed by atoms with Gasteiger partial charge in [-0.3, -0.25) is 0 Å². The van der Waals surface area contributed by atoms with Crippen LogP contribution in [0.2, 0.25) is 5.02 Å². The first-order valence-electron chi connectivity index (χ1n) is 7.04. The highest BCUT2D eigenvalue weighted by Crippen LogP contribution is 2.37. The minimum atomic E-state index is 0.0738. The van der Waals surface area contributed by atoms with E-state index in [0.717, 1.165) is 12.0 Å². The Morgan fingerprint density at radius 2 is 2.05 bits per heavy atom. The first kappa shape index (κ1) is 15.4. The number of ether oxygens (including phenoxy) is 2. The lowest BCUT2D eigenvalue weighted by molar-refractivity contribution is 0.210. The van der Waals surface area contributed by atoms with Crippen LogP contribution in [0.15, 0.2) is 12.1 Å². The van der Waals surface area contributed by atoms with E-state index in [9.17, 15) is 5.11 Å². The Hall–Kier alpha value is -0.970. The zero-order valence-corrected chi connectivity index (χ0v) is 12.7. The molecule has 1 aromatic carbocycles. The third-order valence-electron chi connectivity index (χ3n) is 3.43. The highest BCUT2D eigenvalue weighted by atomic mass is 35.5. The van der Waals surface area contributed by atoms with Gasteiger partial charge in [-0.25, -0.2) is 0 Å². The first-order valence-corrected chi connectivity index (χ1v) is 7.42. The fourth-order valence-corrected chi connectivity index (χ4v) is 2.43. The van der Waals surface area contributed by atoms with Gasteiger partial charge in [0.05, 0.1) is 24.8 Å². The molecule has 0 saturated carbocycles. The van der Waals surface area contributed by atoms with Gasteiger partial charge in [-0.1, -0.05) is 25.4 Å². The van der Waals surface area contributed by atoms with Gasteiger partial charge in [-0.05, 0) is 23.6 Å². The molecule has 2 N–H and O–H groups in total. The molecule has 0 radical (unpaired) electrons. The van der Waals surface area contributed by atoms with Gasteiger partial charge in [-0.15, -0.1) is 0 Å². The molecule has 0 fully saturated rings. The number of fused-ring (bicyclic) bond motifs is 1. The van der Waals surface area contributed by atoms with Gasteiger partial charge >= 0.3 is 0 Å². The standard InChI is InChI=1S/C15H22ClNO3/c1-10(2)13(9-18)17-8-11-6-12(16)15-14(7-11)19-4-3-5-20-15/h6-7,10,13,17-18H,3-5,8-9H2,1-2H3/t13-/m1/s1. The van der Waals surface area contributed by atoms with Gasteiger partial charge in [-0.2, -0.15) is 0 Å². The average molecular weight is 300 g/mol. The summed E-state index contributed by atoms with van der Waals surface area (Å²) >= 11 is 6.25. The van der Waals surface area contributed by atoms with E-state index < -0.39 is 0 Å². The fraction of sp³-hybridized carbons (Fsp3) is 0.600. The van der Waals surface area contributed by atoms with Gasteiger partial charge in [0.25, 0.3) is 0 Å². The molecule has 1 atom stereocenters. The lowest BCUT2D eigenvalue weighted by Crippen LogP contribution is -2.36. The van der Waals surface area contributed by atoms with Crippen molar-refractivity contribution in [1.29, 1.82) is 0 Å². The summed E-state index contributed by atoms with van der Waals surface area (Å²) in [7, 11) is 0. The van der Waals surface area contributed by atoms with Crippen LogP contribution in [0.3, 0.4) is 0 Å². The molecule has 1 aliphatic heterocycles. The minimum absolute atomic E-state index is 0.0738. The van der Waals surface area contributed by atoms with Crippen molar-refractivity contribution in [3.05, 3.63) is 22.7 Å². The predicted molar refractivity (Wildman–Crippen MR) is 79.6 cm³/mol. The SMILES string of the molecule is CC(C)[C@@H](CO)NCc1cc(Cl)c2c(c1)OCCCO2. The van der Waals surface area contributed by atoms with Crippen molar-refractivity contribution < 1.29 is 14.6 Å². The van der Waals surface area contributed by atoms with E-state index >= 15 is 0 Å². The van der Waals surface area contributed by atoms with Crippen LogP contribution in [0.1, 0.15) is 25.8 Å². The van der Waals surface area contributed by atoms with Crippen LogP contribution in [0.25, 0.3) is 0 Å². The molecule has 1 aromatic rings. The van der Waals surface area contributed by atoms with E-state index in [1.54, 1.807) is 0 Å². The molecule has 4 nitrogen and oxygen atoms in total. The third-order valence-corrected chi connectivity index (χ3v) is 3.71. The Bertz CT molecular complexity index is 451. The molecule has 1 aliphatic rings. The Balaban J connectivity index is 2.09. The zero-order valence-electron chi connectivity index (χ0n) is 12.0. The van der Waals surface area contributed by atoms with Crippen molar-refractivity contribution >= 4 is 11.6 Å². The molecular weight excluding hydrogens is 278 g/mol. The van der Waals surface area contributed by atoms with E-state index in [2.05, 4.69) is 19.2 Å². The molecule has 1 heterocycles. The second-order valence-electron chi connectivity index (χ2n) is 5.37. The number of aliphatic hydroxyl groups is 1. The molecule has 2 rings (SSSR count). The Kier molecular flexibility index (Phi) is 5.52. The Morgan fingerprint density at radius 1 is 1.30 bits per heavy atom. The first-order chi connectivity index (χ1) is 9.61. The van der Waals surface area contributed by atoms with Crippen molar-refractivity contribution in [3.8, 4) is 11.5 Å². The molecular formula is C15H22ClNO3. The van der Waals surface area contributed by atoms with Crippen molar-refractivity contribution in [2.45, 2.75) is 32.9 Å². The maximum absolute atomic E-state index is 9.33. The second kappa shape index (κ2) is 7.16. The summed E-state index contributed by atoms with van der Waals surface area (Å²) < 4.78 is 11.3. The number of rotatable bonds is 5. The van der Waals surface area contributed by atoms with Gasteiger partial charge < -0.3 is 19.9 Å². The van der Waals surface area contributed by atoms with Crippen LogP contribution in [0, 0.1) is 5.92 Å². The van der Waals surface area contributed by atoms with E-state index in [1.807, 2.05) is 12.1 Å². The van der Waals surface area contributed by atoms with E-state index in [1.165, 1.54) is 0 Å². The lowest BCUT2D eigenvalue weighted by atomic mass is 10.0. The van der Waals surface area contributed by atoms with E-state index in [-0.39, 0.29) is 12.6 Å². The molecule has 0 amide bonds. The summed E-state index contributed by atoms with van der Waals surface area (Å²) in [6.07, 6.45) is 0.860. The number of nitrogens with one attached hydrogen (secondary N) is 1. The topological polar surface area (TPSA) is 50.7 Å². The van der Waals surface area contributed by atoms with Crippen LogP contribution < -0.4 is 14.8 Å². The van der Waals surface area contributed by atoms with E-state index in [4.69, 9.17) is 21.1 Å². The van der Waals surface area contributed by atoms with Crippen LogP contribution in [-0.2, 0) is 6.54 Å². The van der Waals surface area contributed by atoms with Crippen LogP contribution in [-0.4, -0.2) is 31.0 Å². The molecule has 0 spiro atoms. The molecule has 0 saturated heterocycles. The van der Waals surface area contributed by atoms with Gasteiger partial charge in [0.2, 0.25) is 0 Å². The molecule has 0 unspecified atom stereocenters. The number of hydrogen-bond donors (Lipinski definition) is 2. The van der Waals surface area contributed by atoms with Crippen LogP contribution >= 0.6 is 11.6 Å². The highest BCUT2D eigenvalue weighted by molar-refractivity contribution is 6.32. The minimum Gasteiger partial charge on any atom is -0.489 e. The van der Waals surface area contributed by atoms with Crippen molar-refractivity contribution in [3.63, 3.8) is 0 Å². The van der Waals surface area contributed by atoms with Gasteiger partial charge in [0, 0.05) is 19.0 Å². The molecule has 0 aromatic heterocycles. The summed E-state index contributed by atoms with van der Waals surface area (Å²) in [5, 5.41) is 13.2. The van der Waals surface area contributed by atoms with Crippen LogP contribution in [0.5, 0.6) is 11.5 Å². The lowest BCUT2D eigenvalue weighted by Gasteiger charge is -2.20. The van der Waals surface area contributed by atoms with E-state index in [0.29, 0.717) is 42.2 Å². The summed E-state index contributed by atoms with van der Waals surface area (Å²) in [5.74, 6) is 1.71. The van der Waals surface area contributed by atoms with Gasteiger partial charge in [0.15, 0.2) is 11.5 Å². The number of aliphatic hydroxyl groups excluding tert-OH is 1. The summed E-state index contributed by atoms with van der Waals surface area (Å²) in [4.78, 5) is 0. The molecule has 0 bridgehead atoms. The third kappa shape index (κ3) is 3.78. The Morgan fingerprint density at radius 3 is 2.75 bits per heavy atom. The zero-order chi connectivity index (χ0) is 14.5. The Labute approximate surface area is 125 Å². The largest absolute Gasteiger partial charge is 0.489 e.